The highest BCUT2D eigenvalue weighted by atomic mass is 79.9. The molecule has 7 nitrogen and oxygen atoms in total. The van der Waals surface area contributed by atoms with Gasteiger partial charge in [0.1, 0.15) is 16.6 Å². The van der Waals surface area contributed by atoms with E-state index in [1.165, 1.54) is 0 Å². The molecule has 0 aromatic carbocycles. The van der Waals surface area contributed by atoms with Gasteiger partial charge in [0.2, 0.25) is 0 Å². The molecule has 2 aromatic heterocycles. The number of rotatable bonds is 3. The van der Waals surface area contributed by atoms with Gasteiger partial charge in [-0.1, -0.05) is 11.6 Å². The van der Waals surface area contributed by atoms with E-state index in [9.17, 15) is 4.79 Å². The summed E-state index contributed by atoms with van der Waals surface area (Å²) in [7, 11) is 2.12. The van der Waals surface area contributed by atoms with Gasteiger partial charge in [0.15, 0.2) is 5.65 Å². The maximum atomic E-state index is 13.0. The minimum atomic E-state index is -0.594. The molecule has 3 rings (SSSR count). The number of aromatic nitrogens is 3. The lowest BCUT2D eigenvalue weighted by molar-refractivity contribution is 0.0567. The van der Waals surface area contributed by atoms with Crippen LogP contribution in [0.1, 0.15) is 33.6 Å². The molecule has 0 unspecified atom stereocenters. The van der Waals surface area contributed by atoms with E-state index in [2.05, 4.69) is 38.0 Å². The van der Waals surface area contributed by atoms with Gasteiger partial charge in [-0.15, -0.1) is 0 Å². The number of likely N-dealkylation sites (tertiary alicyclic amines) is 1. The standard InChI is InChI=1S/C18H25BrClN5O2/c1-18(2,3)27-17(26)24(11-12-5-7-23(4)8-6-12)15-9-14(20)22-16-13(19)10-21-25(15)16/h9-10,12H,5-8,11H2,1-4H3. The van der Waals surface area contributed by atoms with Crippen molar-refractivity contribution in [3.8, 4) is 0 Å². The highest BCUT2D eigenvalue weighted by Gasteiger charge is 2.30. The number of ether oxygens (including phenoxy) is 1. The Labute approximate surface area is 172 Å². The van der Waals surface area contributed by atoms with Crippen LogP contribution in [-0.4, -0.2) is 57.9 Å². The molecule has 9 heteroatoms. The molecule has 0 N–H and O–H groups in total. The molecule has 0 aliphatic carbocycles. The number of nitrogens with zero attached hydrogens (tertiary/aromatic N) is 5. The molecule has 148 valence electrons. The van der Waals surface area contributed by atoms with Gasteiger partial charge in [0, 0.05) is 12.6 Å². The van der Waals surface area contributed by atoms with Crippen LogP contribution in [0.15, 0.2) is 16.7 Å². The first-order valence-electron chi connectivity index (χ1n) is 9.03. The van der Waals surface area contributed by atoms with Gasteiger partial charge in [0.05, 0.1) is 10.7 Å². The van der Waals surface area contributed by atoms with Crippen LogP contribution in [0.5, 0.6) is 0 Å². The van der Waals surface area contributed by atoms with E-state index in [4.69, 9.17) is 16.3 Å². The molecular weight excluding hydrogens is 434 g/mol. The Kier molecular flexibility index (Phi) is 5.98. The number of fused-ring (bicyclic) bond motifs is 1. The topological polar surface area (TPSA) is 63.0 Å². The zero-order valence-corrected chi connectivity index (χ0v) is 18.4. The van der Waals surface area contributed by atoms with Crippen molar-refractivity contribution in [2.75, 3.05) is 31.6 Å². The molecule has 2 aromatic rings. The average molecular weight is 459 g/mol. The van der Waals surface area contributed by atoms with Gasteiger partial charge >= 0.3 is 6.09 Å². The number of anilines is 1. The fraction of sp³-hybridized carbons (Fsp3) is 0.611. The molecular formula is C18H25BrClN5O2. The quantitative estimate of drug-likeness (QED) is 0.644. The zero-order valence-electron chi connectivity index (χ0n) is 16.1. The maximum Gasteiger partial charge on any atom is 0.416 e. The summed E-state index contributed by atoms with van der Waals surface area (Å²) >= 11 is 9.67. The third-order valence-corrected chi connectivity index (χ3v) is 5.30. The van der Waals surface area contributed by atoms with Crippen molar-refractivity contribution in [3.63, 3.8) is 0 Å². The largest absolute Gasteiger partial charge is 0.443 e. The normalized spacial score (nSPS) is 16.7. The molecule has 1 fully saturated rings. The van der Waals surface area contributed by atoms with Gasteiger partial charge in [-0.3, -0.25) is 4.90 Å². The first-order valence-corrected chi connectivity index (χ1v) is 10.2. The van der Waals surface area contributed by atoms with E-state index in [-0.39, 0.29) is 0 Å². The molecule has 27 heavy (non-hydrogen) atoms. The van der Waals surface area contributed by atoms with Crippen LogP contribution >= 0.6 is 27.5 Å². The third-order valence-electron chi connectivity index (χ3n) is 4.55. The summed E-state index contributed by atoms with van der Waals surface area (Å²) in [5.41, 5.74) is -0.0302. The Morgan fingerprint density at radius 1 is 1.41 bits per heavy atom. The lowest BCUT2D eigenvalue weighted by Gasteiger charge is -2.34. The Morgan fingerprint density at radius 3 is 2.70 bits per heavy atom. The lowest BCUT2D eigenvalue weighted by atomic mass is 9.96. The number of carbonyl (C=O) groups is 1. The van der Waals surface area contributed by atoms with E-state index >= 15 is 0 Å². The average Bonchev–Trinajstić information content (AvgIpc) is 2.93. The molecule has 3 heterocycles. The van der Waals surface area contributed by atoms with Crippen molar-refractivity contribution in [2.24, 2.45) is 5.92 Å². The van der Waals surface area contributed by atoms with Crippen molar-refractivity contribution < 1.29 is 9.53 Å². The smallest absolute Gasteiger partial charge is 0.416 e. The minimum Gasteiger partial charge on any atom is -0.443 e. The number of halogens is 2. The van der Waals surface area contributed by atoms with Crippen molar-refractivity contribution in [1.29, 1.82) is 0 Å². The lowest BCUT2D eigenvalue weighted by Crippen LogP contribution is -2.43. The first kappa shape index (κ1) is 20.4. The number of hydrogen-bond donors (Lipinski definition) is 0. The van der Waals surface area contributed by atoms with Crippen molar-refractivity contribution in [2.45, 2.75) is 39.2 Å². The molecule has 1 aliphatic rings. The summed E-state index contributed by atoms with van der Waals surface area (Å²) in [5.74, 6) is 0.943. The highest BCUT2D eigenvalue weighted by Crippen LogP contribution is 2.28. The number of hydrogen-bond acceptors (Lipinski definition) is 5. The van der Waals surface area contributed by atoms with Crippen LogP contribution in [0, 0.1) is 5.92 Å². The second kappa shape index (κ2) is 7.93. The SMILES string of the molecule is CN1CCC(CN(C(=O)OC(C)(C)C)c2cc(Cl)nc3c(Br)cnn23)CC1. The zero-order chi connectivity index (χ0) is 19.8. The Hall–Kier alpha value is -1.38. The van der Waals surface area contributed by atoms with Gasteiger partial charge in [0.25, 0.3) is 0 Å². The van der Waals surface area contributed by atoms with Crippen LogP contribution < -0.4 is 4.90 Å². The van der Waals surface area contributed by atoms with Crippen molar-refractivity contribution in [1.82, 2.24) is 19.5 Å². The van der Waals surface area contributed by atoms with Crippen molar-refractivity contribution >= 4 is 45.1 Å². The van der Waals surface area contributed by atoms with E-state index in [0.29, 0.717) is 29.1 Å². The Morgan fingerprint density at radius 2 is 2.07 bits per heavy atom. The van der Waals surface area contributed by atoms with E-state index < -0.39 is 11.7 Å². The Balaban J connectivity index is 1.97. The van der Waals surface area contributed by atoms with Gasteiger partial charge in [-0.25, -0.2) is 9.78 Å². The molecule has 1 amide bonds. The van der Waals surface area contributed by atoms with Crippen molar-refractivity contribution in [3.05, 3.63) is 21.9 Å². The third kappa shape index (κ3) is 4.92. The summed E-state index contributed by atoms with van der Waals surface area (Å²) < 4.78 is 8.01. The monoisotopic (exact) mass is 457 g/mol. The van der Waals surface area contributed by atoms with E-state index in [0.717, 1.165) is 30.4 Å². The molecule has 1 saturated heterocycles. The fourth-order valence-electron chi connectivity index (χ4n) is 3.17. The molecule has 0 radical (unpaired) electrons. The fourth-order valence-corrected chi connectivity index (χ4v) is 3.69. The number of amides is 1. The van der Waals surface area contributed by atoms with Crippen LogP contribution in [0.2, 0.25) is 5.15 Å². The highest BCUT2D eigenvalue weighted by molar-refractivity contribution is 9.10. The van der Waals surface area contributed by atoms with Gasteiger partial charge in [-0.2, -0.15) is 9.61 Å². The first-order chi connectivity index (χ1) is 12.6. The van der Waals surface area contributed by atoms with Gasteiger partial charge in [-0.05, 0) is 75.6 Å². The molecule has 0 atom stereocenters. The van der Waals surface area contributed by atoms with Crippen LogP contribution in [0.25, 0.3) is 5.65 Å². The van der Waals surface area contributed by atoms with Gasteiger partial charge < -0.3 is 9.64 Å². The maximum absolute atomic E-state index is 13.0. The molecule has 1 aliphatic heterocycles. The molecule has 0 saturated carbocycles. The predicted octanol–water partition coefficient (Wildman–Crippen LogP) is 4.23. The summed E-state index contributed by atoms with van der Waals surface area (Å²) in [4.78, 5) is 21.3. The second-order valence-corrected chi connectivity index (χ2v) is 9.24. The summed E-state index contributed by atoms with van der Waals surface area (Å²) in [6, 6.07) is 1.66. The number of piperidine rings is 1. The van der Waals surface area contributed by atoms with E-state index in [1.807, 2.05) is 20.8 Å². The van der Waals surface area contributed by atoms with E-state index in [1.54, 1.807) is 21.7 Å². The molecule has 0 spiro atoms. The molecule has 0 bridgehead atoms. The summed E-state index contributed by atoms with van der Waals surface area (Å²) in [5, 5.41) is 4.66. The van der Waals surface area contributed by atoms with Crippen LogP contribution in [0.3, 0.4) is 0 Å². The summed E-state index contributed by atoms with van der Waals surface area (Å²) in [6.07, 6.45) is 3.29. The Bertz CT molecular complexity index is 827. The summed E-state index contributed by atoms with van der Waals surface area (Å²) in [6.45, 7) is 8.17. The number of carbonyl (C=O) groups excluding carboxylic acids is 1. The predicted molar refractivity (Wildman–Crippen MR) is 109 cm³/mol. The van der Waals surface area contributed by atoms with Crippen LogP contribution in [0.4, 0.5) is 10.6 Å². The minimum absolute atomic E-state index is 0.302. The van der Waals surface area contributed by atoms with Crippen LogP contribution in [-0.2, 0) is 4.74 Å². The second-order valence-electron chi connectivity index (χ2n) is 8.00.